The second kappa shape index (κ2) is 10.1. The fraction of sp³-hybridized carbons (Fsp3) is 0.0385. The van der Waals surface area contributed by atoms with E-state index in [9.17, 15) is 14.9 Å². The molecule has 37 heavy (non-hydrogen) atoms. The second-order valence-corrected chi connectivity index (χ2v) is 9.64. The molecule has 0 saturated heterocycles. The van der Waals surface area contributed by atoms with Crippen LogP contribution in [0.5, 0.6) is 5.75 Å². The maximum atomic E-state index is 13.5. The first kappa shape index (κ1) is 24.6. The van der Waals surface area contributed by atoms with Crippen molar-refractivity contribution in [2.75, 3.05) is 6.61 Å². The van der Waals surface area contributed by atoms with Crippen molar-refractivity contribution in [1.29, 1.82) is 0 Å². The molecule has 2 heterocycles. The molecule has 3 aromatic carbocycles. The van der Waals surface area contributed by atoms with Gasteiger partial charge in [0.2, 0.25) is 11.6 Å². The van der Waals surface area contributed by atoms with Crippen LogP contribution in [-0.4, -0.2) is 27.4 Å². The van der Waals surface area contributed by atoms with Gasteiger partial charge in [0.1, 0.15) is 12.2 Å². The standard InChI is InChI=1S/C26H16Br2N4O5/c1-2-9-36-24-16(11-18(28)13-21(24)32(34)35)14-29-31-25(30-20-6-4-3-5-19(20)26(31)33)23-12-15-10-17(27)7-8-22(15)37-23/h2-8,10-14H,1,9H2. The average Bonchev–Trinajstić information content (AvgIpc) is 3.30. The number of hydrogen-bond acceptors (Lipinski definition) is 7. The molecule has 0 N–H and O–H groups in total. The highest BCUT2D eigenvalue weighted by Gasteiger charge is 2.21. The Morgan fingerprint density at radius 1 is 1.14 bits per heavy atom. The Morgan fingerprint density at radius 2 is 1.95 bits per heavy atom. The third-order valence-electron chi connectivity index (χ3n) is 5.37. The molecule has 0 saturated carbocycles. The number of halogens is 2. The fourth-order valence-corrected chi connectivity index (χ4v) is 4.61. The van der Waals surface area contributed by atoms with E-state index in [1.54, 1.807) is 42.5 Å². The van der Waals surface area contributed by atoms with E-state index in [1.807, 2.05) is 12.1 Å². The quantitative estimate of drug-likeness (QED) is 0.0864. The lowest BCUT2D eigenvalue weighted by molar-refractivity contribution is -0.385. The number of fused-ring (bicyclic) bond motifs is 2. The van der Waals surface area contributed by atoms with Gasteiger partial charge in [-0.1, -0.05) is 56.6 Å². The molecule has 0 radical (unpaired) electrons. The minimum Gasteiger partial charge on any atom is -0.482 e. The molecule has 5 aromatic rings. The number of furan rings is 1. The summed E-state index contributed by atoms with van der Waals surface area (Å²) in [5.41, 5.74) is 0.673. The number of benzene rings is 3. The van der Waals surface area contributed by atoms with Crippen molar-refractivity contribution in [3.63, 3.8) is 0 Å². The number of nitro groups is 1. The van der Waals surface area contributed by atoms with E-state index < -0.39 is 10.5 Å². The Labute approximate surface area is 226 Å². The van der Waals surface area contributed by atoms with Crippen LogP contribution >= 0.6 is 31.9 Å². The van der Waals surface area contributed by atoms with E-state index in [4.69, 9.17) is 9.15 Å². The van der Waals surface area contributed by atoms with Crippen LogP contribution < -0.4 is 10.3 Å². The molecule has 0 unspecified atom stereocenters. The lowest BCUT2D eigenvalue weighted by Gasteiger charge is -2.10. The molecule has 0 aliphatic heterocycles. The molecule has 0 atom stereocenters. The molecule has 2 aromatic heterocycles. The van der Waals surface area contributed by atoms with Gasteiger partial charge in [-0.05, 0) is 42.5 Å². The van der Waals surface area contributed by atoms with Gasteiger partial charge in [-0.25, -0.2) is 4.98 Å². The Hall–Kier alpha value is -4.09. The maximum Gasteiger partial charge on any atom is 0.312 e. The van der Waals surface area contributed by atoms with Crippen molar-refractivity contribution in [1.82, 2.24) is 9.66 Å². The fourth-order valence-electron chi connectivity index (χ4n) is 3.77. The number of aromatic nitrogens is 2. The predicted molar refractivity (Wildman–Crippen MR) is 148 cm³/mol. The number of para-hydroxylation sites is 1. The highest BCUT2D eigenvalue weighted by molar-refractivity contribution is 9.10. The third kappa shape index (κ3) is 4.83. The topological polar surface area (TPSA) is 113 Å². The molecule has 0 fully saturated rings. The molecule has 0 aliphatic carbocycles. The monoisotopic (exact) mass is 622 g/mol. The van der Waals surface area contributed by atoms with Crippen LogP contribution in [0.25, 0.3) is 33.5 Å². The molecular formula is C26H16Br2N4O5. The van der Waals surface area contributed by atoms with Gasteiger partial charge in [-0.15, -0.1) is 0 Å². The first-order chi connectivity index (χ1) is 17.9. The first-order valence-corrected chi connectivity index (χ1v) is 12.4. The van der Waals surface area contributed by atoms with Crippen molar-refractivity contribution in [3.05, 3.63) is 108 Å². The zero-order chi connectivity index (χ0) is 26.1. The average molecular weight is 624 g/mol. The van der Waals surface area contributed by atoms with Crippen LogP contribution in [0.15, 0.2) is 96.6 Å². The molecule has 9 nitrogen and oxygen atoms in total. The van der Waals surface area contributed by atoms with Crippen molar-refractivity contribution in [2.45, 2.75) is 0 Å². The van der Waals surface area contributed by atoms with Gasteiger partial charge in [-0.3, -0.25) is 14.9 Å². The number of hydrogen-bond donors (Lipinski definition) is 0. The summed E-state index contributed by atoms with van der Waals surface area (Å²) in [5.74, 6) is 0.496. The lowest BCUT2D eigenvalue weighted by atomic mass is 10.2. The summed E-state index contributed by atoms with van der Waals surface area (Å²) < 4.78 is 14.0. The highest BCUT2D eigenvalue weighted by atomic mass is 79.9. The van der Waals surface area contributed by atoms with Crippen LogP contribution in [0.4, 0.5) is 5.69 Å². The summed E-state index contributed by atoms with van der Waals surface area (Å²) in [6.07, 6.45) is 2.79. The Kier molecular flexibility index (Phi) is 6.72. The number of nitrogens with zero attached hydrogens (tertiary/aromatic N) is 4. The van der Waals surface area contributed by atoms with E-state index in [-0.39, 0.29) is 29.4 Å². The van der Waals surface area contributed by atoms with E-state index in [1.165, 1.54) is 18.4 Å². The van der Waals surface area contributed by atoms with E-state index in [0.717, 1.165) is 14.5 Å². The van der Waals surface area contributed by atoms with Gasteiger partial charge < -0.3 is 9.15 Å². The molecule has 184 valence electrons. The Morgan fingerprint density at radius 3 is 2.73 bits per heavy atom. The summed E-state index contributed by atoms with van der Waals surface area (Å²) >= 11 is 6.74. The summed E-state index contributed by atoms with van der Waals surface area (Å²) in [7, 11) is 0. The van der Waals surface area contributed by atoms with E-state index >= 15 is 0 Å². The molecule has 0 spiro atoms. The minimum atomic E-state index is -0.553. The van der Waals surface area contributed by atoms with Crippen molar-refractivity contribution in [3.8, 4) is 17.3 Å². The van der Waals surface area contributed by atoms with Crippen molar-refractivity contribution >= 4 is 65.6 Å². The maximum absolute atomic E-state index is 13.5. The highest BCUT2D eigenvalue weighted by Crippen LogP contribution is 2.34. The van der Waals surface area contributed by atoms with Crippen molar-refractivity contribution in [2.24, 2.45) is 5.10 Å². The number of ether oxygens (including phenoxy) is 1. The van der Waals surface area contributed by atoms with E-state index in [0.29, 0.717) is 26.7 Å². The molecule has 5 rings (SSSR count). The summed E-state index contributed by atoms with van der Waals surface area (Å²) in [5, 5.41) is 17.2. The van der Waals surface area contributed by atoms with Crippen LogP contribution in [0.1, 0.15) is 5.56 Å². The van der Waals surface area contributed by atoms with Crippen LogP contribution in [0, 0.1) is 10.1 Å². The van der Waals surface area contributed by atoms with E-state index in [2.05, 4.69) is 48.5 Å². The van der Waals surface area contributed by atoms with Gasteiger partial charge >= 0.3 is 5.69 Å². The smallest absolute Gasteiger partial charge is 0.312 e. The largest absolute Gasteiger partial charge is 0.482 e. The number of nitro benzene ring substituents is 1. The molecule has 11 heteroatoms. The summed E-state index contributed by atoms with van der Waals surface area (Å²) in [4.78, 5) is 29.3. The van der Waals surface area contributed by atoms with Crippen LogP contribution in [0.2, 0.25) is 0 Å². The number of rotatable bonds is 7. The molecular weight excluding hydrogens is 608 g/mol. The first-order valence-electron chi connectivity index (χ1n) is 10.8. The Bertz CT molecular complexity index is 1790. The van der Waals surface area contributed by atoms with Crippen LogP contribution in [0.3, 0.4) is 0 Å². The van der Waals surface area contributed by atoms with Gasteiger partial charge in [-0.2, -0.15) is 9.78 Å². The minimum absolute atomic E-state index is 0.00575. The zero-order valence-corrected chi connectivity index (χ0v) is 22.1. The second-order valence-electron chi connectivity index (χ2n) is 7.81. The van der Waals surface area contributed by atoms with Crippen molar-refractivity contribution < 1.29 is 14.1 Å². The van der Waals surface area contributed by atoms with Gasteiger partial charge in [0, 0.05) is 26.0 Å². The summed E-state index contributed by atoms with van der Waals surface area (Å²) in [6, 6.07) is 17.1. The predicted octanol–water partition coefficient (Wildman–Crippen LogP) is 6.69. The van der Waals surface area contributed by atoms with Gasteiger partial charge in [0.25, 0.3) is 5.56 Å². The lowest BCUT2D eigenvalue weighted by Crippen LogP contribution is -2.20. The van der Waals surface area contributed by atoms with Gasteiger partial charge in [0.05, 0.1) is 22.0 Å². The van der Waals surface area contributed by atoms with Crippen LogP contribution in [-0.2, 0) is 0 Å². The molecule has 0 amide bonds. The SMILES string of the molecule is C=CCOc1c(C=Nn2c(-c3cc4cc(Br)ccc4o3)nc3ccccc3c2=O)cc(Br)cc1[N+](=O)[O-]. The zero-order valence-electron chi connectivity index (χ0n) is 18.9. The molecule has 0 bridgehead atoms. The van der Waals surface area contributed by atoms with Gasteiger partial charge in [0.15, 0.2) is 5.76 Å². The molecule has 0 aliphatic rings. The summed E-state index contributed by atoms with van der Waals surface area (Å²) in [6.45, 7) is 3.64. The normalized spacial score (nSPS) is 11.4. The third-order valence-corrected chi connectivity index (χ3v) is 6.32. The Balaban J connectivity index is 1.73.